The number of carbonyl (C=O) groups is 1. The van der Waals surface area contributed by atoms with Gasteiger partial charge in [0, 0.05) is 10.6 Å². The molecule has 0 radical (unpaired) electrons. The van der Waals surface area contributed by atoms with Crippen LogP contribution < -0.4 is 5.32 Å². The Morgan fingerprint density at radius 2 is 1.81 bits per heavy atom. The number of hydrogen-bond donors (Lipinski definition) is 1. The van der Waals surface area contributed by atoms with Crippen molar-refractivity contribution in [2.24, 2.45) is 0 Å². The topological polar surface area (TPSA) is 29.1 Å². The van der Waals surface area contributed by atoms with Gasteiger partial charge in [-0.05, 0) is 56.0 Å². The standard InChI is InChI=1S/C18H19NOS/c1-11-4-6-13(3)15(8-11)19-18(20)17-10-14-7-5-12(2)9-16(14)21-17/h4-9,17H,10H2,1-3H3,(H,19,20). The molecule has 108 valence electrons. The molecule has 0 aromatic heterocycles. The van der Waals surface area contributed by atoms with E-state index in [1.165, 1.54) is 16.0 Å². The number of aryl methyl sites for hydroxylation is 3. The van der Waals surface area contributed by atoms with E-state index in [9.17, 15) is 4.79 Å². The lowest BCUT2D eigenvalue weighted by molar-refractivity contribution is -0.115. The first kappa shape index (κ1) is 14.2. The van der Waals surface area contributed by atoms with Crippen LogP contribution in [0.15, 0.2) is 41.3 Å². The van der Waals surface area contributed by atoms with Gasteiger partial charge in [0.25, 0.3) is 0 Å². The van der Waals surface area contributed by atoms with Crippen molar-refractivity contribution in [3.8, 4) is 0 Å². The van der Waals surface area contributed by atoms with Crippen molar-refractivity contribution in [3.05, 3.63) is 58.7 Å². The van der Waals surface area contributed by atoms with E-state index in [1.807, 2.05) is 26.0 Å². The normalized spacial score (nSPS) is 16.6. The highest BCUT2D eigenvalue weighted by Gasteiger charge is 2.28. The third kappa shape index (κ3) is 2.98. The highest BCUT2D eigenvalue weighted by atomic mass is 32.2. The number of nitrogens with one attached hydrogen (secondary N) is 1. The minimum Gasteiger partial charge on any atom is -0.325 e. The van der Waals surface area contributed by atoms with Gasteiger partial charge in [0.15, 0.2) is 0 Å². The average molecular weight is 297 g/mol. The second kappa shape index (κ2) is 5.57. The van der Waals surface area contributed by atoms with Crippen LogP contribution in [0.2, 0.25) is 0 Å². The Labute approximate surface area is 130 Å². The van der Waals surface area contributed by atoms with Gasteiger partial charge in [-0.2, -0.15) is 0 Å². The predicted octanol–water partition coefficient (Wildman–Crippen LogP) is 4.27. The largest absolute Gasteiger partial charge is 0.325 e. The van der Waals surface area contributed by atoms with E-state index in [0.29, 0.717) is 0 Å². The number of rotatable bonds is 2. The lowest BCUT2D eigenvalue weighted by atomic mass is 10.1. The SMILES string of the molecule is Cc1ccc(C)c(NC(=O)C2Cc3ccc(C)cc3S2)c1. The van der Waals surface area contributed by atoms with E-state index in [2.05, 4.69) is 36.5 Å². The van der Waals surface area contributed by atoms with Crippen molar-refractivity contribution in [2.75, 3.05) is 5.32 Å². The van der Waals surface area contributed by atoms with Crippen molar-refractivity contribution in [1.29, 1.82) is 0 Å². The zero-order chi connectivity index (χ0) is 15.0. The zero-order valence-electron chi connectivity index (χ0n) is 12.6. The van der Waals surface area contributed by atoms with Crippen LogP contribution in [0.4, 0.5) is 5.69 Å². The van der Waals surface area contributed by atoms with E-state index in [0.717, 1.165) is 23.2 Å². The van der Waals surface area contributed by atoms with Crippen molar-refractivity contribution >= 4 is 23.4 Å². The Morgan fingerprint density at radius 1 is 1.10 bits per heavy atom. The fourth-order valence-electron chi connectivity index (χ4n) is 2.56. The summed E-state index contributed by atoms with van der Waals surface area (Å²) in [5.41, 5.74) is 5.72. The molecule has 21 heavy (non-hydrogen) atoms. The van der Waals surface area contributed by atoms with E-state index in [-0.39, 0.29) is 11.2 Å². The quantitative estimate of drug-likeness (QED) is 0.897. The van der Waals surface area contributed by atoms with Gasteiger partial charge in [0.2, 0.25) is 5.91 Å². The summed E-state index contributed by atoms with van der Waals surface area (Å²) in [6.45, 7) is 6.15. The Morgan fingerprint density at radius 3 is 2.62 bits per heavy atom. The molecule has 1 aliphatic rings. The summed E-state index contributed by atoms with van der Waals surface area (Å²) in [4.78, 5) is 13.7. The lowest BCUT2D eigenvalue weighted by Crippen LogP contribution is -2.25. The molecule has 0 saturated heterocycles. The maximum atomic E-state index is 12.5. The number of fused-ring (bicyclic) bond motifs is 1. The molecule has 1 N–H and O–H groups in total. The van der Waals surface area contributed by atoms with Crippen LogP contribution in [0.5, 0.6) is 0 Å². The smallest absolute Gasteiger partial charge is 0.238 e. The highest BCUT2D eigenvalue weighted by molar-refractivity contribution is 8.01. The van der Waals surface area contributed by atoms with Gasteiger partial charge in [-0.1, -0.05) is 29.8 Å². The average Bonchev–Trinajstić information content (AvgIpc) is 2.86. The molecule has 2 nitrogen and oxygen atoms in total. The molecule has 1 heterocycles. The maximum Gasteiger partial charge on any atom is 0.238 e. The first-order valence-corrected chi connectivity index (χ1v) is 8.05. The fourth-order valence-corrected chi connectivity index (χ4v) is 3.86. The molecule has 0 aliphatic carbocycles. The highest BCUT2D eigenvalue weighted by Crippen LogP contribution is 2.38. The Hall–Kier alpha value is -1.74. The number of thioether (sulfide) groups is 1. The predicted molar refractivity (Wildman–Crippen MR) is 89.1 cm³/mol. The lowest BCUT2D eigenvalue weighted by Gasteiger charge is -2.12. The molecule has 0 fully saturated rings. The summed E-state index contributed by atoms with van der Waals surface area (Å²) in [6.07, 6.45) is 0.816. The molecule has 1 atom stereocenters. The van der Waals surface area contributed by atoms with Gasteiger partial charge in [-0.15, -0.1) is 11.8 Å². The number of carbonyl (C=O) groups excluding carboxylic acids is 1. The third-order valence-corrected chi connectivity index (χ3v) is 5.14. The molecule has 3 heteroatoms. The van der Waals surface area contributed by atoms with Crippen molar-refractivity contribution < 1.29 is 4.79 Å². The van der Waals surface area contributed by atoms with E-state index >= 15 is 0 Å². The van der Waals surface area contributed by atoms with Crippen molar-refractivity contribution in [2.45, 2.75) is 37.3 Å². The first-order valence-electron chi connectivity index (χ1n) is 7.17. The van der Waals surface area contributed by atoms with Gasteiger partial charge in [0.1, 0.15) is 0 Å². The van der Waals surface area contributed by atoms with Gasteiger partial charge in [-0.3, -0.25) is 4.79 Å². The van der Waals surface area contributed by atoms with Crippen LogP contribution in [0, 0.1) is 20.8 Å². The summed E-state index contributed by atoms with van der Waals surface area (Å²) < 4.78 is 0. The van der Waals surface area contributed by atoms with Crippen LogP contribution in [0.25, 0.3) is 0 Å². The zero-order valence-corrected chi connectivity index (χ0v) is 13.4. The van der Waals surface area contributed by atoms with Crippen LogP contribution in [0.1, 0.15) is 22.3 Å². The summed E-state index contributed by atoms with van der Waals surface area (Å²) in [7, 11) is 0. The molecule has 0 bridgehead atoms. The number of hydrogen-bond acceptors (Lipinski definition) is 2. The summed E-state index contributed by atoms with van der Waals surface area (Å²) >= 11 is 1.68. The first-order chi connectivity index (χ1) is 10.0. The molecule has 2 aromatic rings. The van der Waals surface area contributed by atoms with Crippen molar-refractivity contribution in [1.82, 2.24) is 0 Å². The fraction of sp³-hybridized carbons (Fsp3) is 0.278. The van der Waals surface area contributed by atoms with E-state index in [4.69, 9.17) is 0 Å². The van der Waals surface area contributed by atoms with Crippen LogP contribution >= 0.6 is 11.8 Å². The molecule has 1 amide bonds. The summed E-state index contributed by atoms with van der Waals surface area (Å²) in [6, 6.07) is 12.6. The van der Waals surface area contributed by atoms with Gasteiger partial charge in [0.05, 0.1) is 5.25 Å². The molecule has 0 saturated carbocycles. The van der Waals surface area contributed by atoms with E-state index < -0.39 is 0 Å². The van der Waals surface area contributed by atoms with Crippen LogP contribution in [-0.4, -0.2) is 11.2 Å². The number of anilines is 1. The molecular weight excluding hydrogens is 278 g/mol. The molecule has 1 unspecified atom stereocenters. The monoisotopic (exact) mass is 297 g/mol. The third-order valence-electron chi connectivity index (χ3n) is 3.84. The molecule has 3 rings (SSSR count). The minimum atomic E-state index is -0.0262. The molecule has 1 aliphatic heterocycles. The van der Waals surface area contributed by atoms with E-state index in [1.54, 1.807) is 11.8 Å². The van der Waals surface area contributed by atoms with Crippen molar-refractivity contribution in [3.63, 3.8) is 0 Å². The van der Waals surface area contributed by atoms with Gasteiger partial charge >= 0.3 is 0 Å². The Balaban J connectivity index is 1.74. The van der Waals surface area contributed by atoms with Gasteiger partial charge < -0.3 is 5.32 Å². The molecule has 2 aromatic carbocycles. The molecule has 0 spiro atoms. The second-order valence-corrected chi connectivity index (χ2v) is 6.97. The Bertz CT molecular complexity index is 708. The van der Waals surface area contributed by atoms with Gasteiger partial charge in [-0.25, -0.2) is 0 Å². The summed E-state index contributed by atoms with van der Waals surface area (Å²) in [5.74, 6) is 0.0996. The second-order valence-electron chi connectivity index (χ2n) is 5.73. The minimum absolute atomic E-state index is 0.0262. The number of amides is 1. The summed E-state index contributed by atoms with van der Waals surface area (Å²) in [5, 5.41) is 3.06. The molecular formula is C18H19NOS. The Kier molecular flexibility index (Phi) is 3.77. The van der Waals surface area contributed by atoms with Crippen LogP contribution in [0.3, 0.4) is 0 Å². The maximum absolute atomic E-state index is 12.5. The number of benzene rings is 2. The van der Waals surface area contributed by atoms with Crippen LogP contribution in [-0.2, 0) is 11.2 Å².